The first kappa shape index (κ1) is 13.7. The van der Waals surface area contributed by atoms with Gasteiger partial charge in [-0.2, -0.15) is 17.4 Å². The second-order valence-electron chi connectivity index (χ2n) is 3.72. The molecule has 1 atom stereocenters. The zero-order valence-corrected chi connectivity index (χ0v) is 9.77. The van der Waals surface area contributed by atoms with Gasteiger partial charge in [0.15, 0.2) is 0 Å². The van der Waals surface area contributed by atoms with Crippen molar-refractivity contribution in [3.05, 3.63) is 10.4 Å². The van der Waals surface area contributed by atoms with Crippen LogP contribution in [0.15, 0.2) is 0 Å². The molecule has 0 unspecified atom stereocenters. The molecule has 1 aliphatic heterocycles. The fourth-order valence-electron chi connectivity index (χ4n) is 1.33. The van der Waals surface area contributed by atoms with Gasteiger partial charge in [0.25, 0.3) is 0 Å². The summed E-state index contributed by atoms with van der Waals surface area (Å²) in [7, 11) is 0. The summed E-state index contributed by atoms with van der Waals surface area (Å²) in [6.07, 6.45) is 0.357. The van der Waals surface area contributed by atoms with Gasteiger partial charge in [-0.15, -0.1) is 0 Å². The molecule has 94 valence electrons. The maximum absolute atomic E-state index is 11.8. The van der Waals surface area contributed by atoms with Gasteiger partial charge in [0, 0.05) is 13.1 Å². The minimum absolute atomic E-state index is 0.0527. The number of nitrogens with zero attached hydrogens (tertiary/aromatic N) is 2. The van der Waals surface area contributed by atoms with Crippen LogP contribution < -0.4 is 5.73 Å². The van der Waals surface area contributed by atoms with Crippen LogP contribution in [-0.4, -0.2) is 53.8 Å². The van der Waals surface area contributed by atoms with Crippen LogP contribution >= 0.6 is 12.6 Å². The molecule has 1 aliphatic rings. The van der Waals surface area contributed by atoms with Gasteiger partial charge in [-0.3, -0.25) is 4.84 Å². The molecule has 0 bridgehead atoms. The Labute approximate surface area is 99.2 Å². The van der Waals surface area contributed by atoms with Gasteiger partial charge in [-0.1, -0.05) is 0 Å². The fraction of sp³-hybridized carbons (Fsp3) is 0.875. The topological polar surface area (TPSA) is 102 Å². The van der Waals surface area contributed by atoms with Gasteiger partial charge in [-0.25, -0.2) is 4.79 Å². The quantitative estimate of drug-likeness (QED) is 0.385. The lowest BCUT2D eigenvalue weighted by molar-refractivity contribution is -1.05. The second kappa shape index (κ2) is 5.80. The second-order valence-corrected chi connectivity index (χ2v) is 4.17. The summed E-state index contributed by atoms with van der Waals surface area (Å²) in [6, 6.07) is -0.827. The lowest BCUT2D eigenvalue weighted by Gasteiger charge is -2.46. The molecule has 7 nitrogen and oxygen atoms in total. The molecule has 0 radical (unpaired) electrons. The normalized spacial score (nSPS) is 22.8. The number of thiol groups is 1. The number of hydroxylamine groups is 6. The Bertz CT molecular complexity index is 245. The molecule has 1 rings (SSSR count). The first-order valence-electron chi connectivity index (χ1n) is 5.07. The van der Waals surface area contributed by atoms with Crippen LogP contribution in [-0.2, 0) is 9.63 Å². The molecule has 1 fully saturated rings. The Hall–Kier alpha value is -0.380. The van der Waals surface area contributed by atoms with E-state index in [1.165, 1.54) is 0 Å². The molecule has 2 N–H and O–H groups in total. The summed E-state index contributed by atoms with van der Waals surface area (Å²) in [5.74, 6) is -0.285. The number of hydrogen-bond acceptors (Lipinski definition) is 7. The summed E-state index contributed by atoms with van der Waals surface area (Å²) in [5, 5.41) is 23.5. The van der Waals surface area contributed by atoms with Gasteiger partial charge >= 0.3 is 5.97 Å². The molecule has 1 heterocycles. The number of quaternary nitrogens is 1. The third-order valence-corrected chi connectivity index (χ3v) is 2.64. The molecule has 0 aliphatic carbocycles. The van der Waals surface area contributed by atoms with E-state index in [0.717, 1.165) is 5.06 Å². The molecule has 0 aromatic rings. The highest BCUT2D eigenvalue weighted by Gasteiger charge is 2.29. The van der Waals surface area contributed by atoms with Crippen LogP contribution in [0.3, 0.4) is 0 Å². The lowest BCUT2D eigenvalue weighted by Crippen LogP contribution is -2.56. The summed E-state index contributed by atoms with van der Waals surface area (Å²) in [5.41, 5.74) is 5.49. The highest BCUT2D eigenvalue weighted by molar-refractivity contribution is 7.80. The number of carbonyl (C=O) groups is 1. The Morgan fingerprint density at radius 2 is 2.12 bits per heavy atom. The van der Waals surface area contributed by atoms with E-state index < -0.39 is 16.8 Å². The fourth-order valence-corrected chi connectivity index (χ4v) is 1.61. The first-order valence-corrected chi connectivity index (χ1v) is 5.70. The third kappa shape index (κ3) is 3.89. The van der Waals surface area contributed by atoms with Crippen molar-refractivity contribution < 1.29 is 14.4 Å². The monoisotopic (exact) mass is 250 g/mol. The maximum atomic E-state index is 11.8. The summed E-state index contributed by atoms with van der Waals surface area (Å²) < 4.78 is 0. The molecular formula is C8H16N3O4S-. The number of rotatable bonds is 4. The zero-order valence-electron chi connectivity index (χ0n) is 8.87. The van der Waals surface area contributed by atoms with Crippen LogP contribution in [0.1, 0.15) is 6.42 Å². The van der Waals surface area contributed by atoms with E-state index >= 15 is 0 Å². The summed E-state index contributed by atoms with van der Waals surface area (Å²) in [6.45, 7) is 0.0306. The van der Waals surface area contributed by atoms with Crippen LogP contribution in [0.4, 0.5) is 0 Å². The molecule has 1 saturated heterocycles. The average molecular weight is 250 g/mol. The average Bonchev–Trinajstić information content (AvgIpc) is 2.23. The van der Waals surface area contributed by atoms with Crippen molar-refractivity contribution in [3.8, 4) is 0 Å². The van der Waals surface area contributed by atoms with Gasteiger partial charge in [0.05, 0.1) is 0 Å². The Kier molecular flexibility index (Phi) is 4.96. The van der Waals surface area contributed by atoms with Crippen LogP contribution in [0.2, 0.25) is 0 Å². The van der Waals surface area contributed by atoms with Gasteiger partial charge < -0.3 is 21.2 Å². The first-order chi connectivity index (χ1) is 7.47. The van der Waals surface area contributed by atoms with Crippen molar-refractivity contribution in [2.24, 2.45) is 5.73 Å². The van der Waals surface area contributed by atoms with Crippen LogP contribution in [0.5, 0.6) is 0 Å². The predicted molar refractivity (Wildman–Crippen MR) is 60.8 cm³/mol. The van der Waals surface area contributed by atoms with Crippen molar-refractivity contribution in [2.75, 3.05) is 31.9 Å². The highest BCUT2D eigenvalue weighted by atomic mass is 32.1. The molecule has 0 amide bonds. The SMILES string of the molecule is N[C@H](CCS)C(=O)O[N+]1([O-])CCN([O-])CC1. The molecule has 0 aromatic carbocycles. The largest absolute Gasteiger partial charge is 0.785 e. The number of hydrogen-bond donors (Lipinski definition) is 2. The summed E-state index contributed by atoms with van der Waals surface area (Å²) >= 11 is 3.93. The Balaban J connectivity index is 2.43. The van der Waals surface area contributed by atoms with Crippen molar-refractivity contribution in [1.82, 2.24) is 5.06 Å². The number of carbonyl (C=O) groups excluding carboxylic acids is 1. The van der Waals surface area contributed by atoms with E-state index in [4.69, 9.17) is 10.6 Å². The summed E-state index contributed by atoms with van der Waals surface area (Å²) in [4.78, 5) is 15.0. The minimum atomic E-state index is -1.11. The minimum Gasteiger partial charge on any atom is -0.785 e. The maximum Gasteiger partial charge on any atom is 0.383 e. The number of nitrogens with two attached hydrogens (primary N) is 1. The van der Waals surface area contributed by atoms with E-state index in [1.54, 1.807) is 0 Å². The van der Waals surface area contributed by atoms with Crippen molar-refractivity contribution >= 4 is 18.6 Å². The van der Waals surface area contributed by atoms with Gasteiger partial charge in [0.1, 0.15) is 19.1 Å². The third-order valence-electron chi connectivity index (χ3n) is 2.38. The molecule has 0 aromatic heterocycles. The highest BCUT2D eigenvalue weighted by Crippen LogP contribution is 2.13. The molecule has 16 heavy (non-hydrogen) atoms. The number of piperazine rings is 1. The van der Waals surface area contributed by atoms with E-state index in [-0.39, 0.29) is 26.2 Å². The van der Waals surface area contributed by atoms with Crippen molar-refractivity contribution in [1.29, 1.82) is 0 Å². The molecule has 8 heteroatoms. The van der Waals surface area contributed by atoms with E-state index in [0.29, 0.717) is 12.2 Å². The van der Waals surface area contributed by atoms with Gasteiger partial charge in [0.2, 0.25) is 0 Å². The Morgan fingerprint density at radius 3 is 2.62 bits per heavy atom. The van der Waals surface area contributed by atoms with Gasteiger partial charge in [-0.05, 0) is 12.2 Å². The molecule has 0 spiro atoms. The van der Waals surface area contributed by atoms with Crippen molar-refractivity contribution in [2.45, 2.75) is 12.5 Å². The molecule has 0 saturated carbocycles. The van der Waals surface area contributed by atoms with E-state index in [1.807, 2.05) is 0 Å². The van der Waals surface area contributed by atoms with Crippen LogP contribution in [0.25, 0.3) is 0 Å². The lowest BCUT2D eigenvalue weighted by atomic mass is 10.2. The Morgan fingerprint density at radius 1 is 1.56 bits per heavy atom. The predicted octanol–water partition coefficient (Wildman–Crippen LogP) is -0.780. The van der Waals surface area contributed by atoms with Crippen molar-refractivity contribution in [3.63, 3.8) is 0 Å². The smallest absolute Gasteiger partial charge is 0.383 e. The van der Waals surface area contributed by atoms with E-state index in [9.17, 15) is 15.2 Å². The van der Waals surface area contributed by atoms with E-state index in [2.05, 4.69) is 12.6 Å². The zero-order chi connectivity index (χ0) is 12.2. The molecular weight excluding hydrogens is 234 g/mol. The van der Waals surface area contributed by atoms with Crippen LogP contribution in [0, 0.1) is 10.4 Å². The standard InChI is InChI=1S/C8H16N3O4S/c9-7(1-6-16)8(12)15-11(14)4-2-10(13)3-5-11/h7,16H,1-6,9H2/q-1/t7-/m1/s1.